The molecule has 72 heavy (non-hydrogen) atoms. The van der Waals surface area contributed by atoms with Crippen LogP contribution in [-0.4, -0.2) is 103 Å². The topological polar surface area (TPSA) is 184 Å². The summed E-state index contributed by atoms with van der Waals surface area (Å²) >= 11 is 0. The third-order valence-corrected chi connectivity index (χ3v) is 14.3. The number of H-pyrrole nitrogens is 1. The third kappa shape index (κ3) is 12.4. The first kappa shape index (κ1) is 53.0. The first-order valence-electron chi connectivity index (χ1n) is 23.8. The van der Waals surface area contributed by atoms with Crippen LogP contribution in [0.2, 0.25) is 0 Å². The van der Waals surface area contributed by atoms with Crippen LogP contribution in [0.25, 0.3) is 0 Å². The Balaban J connectivity index is 1.30. The smallest absolute Gasteiger partial charge is 0.330 e. The Morgan fingerprint density at radius 2 is 1.22 bits per heavy atom. The molecule has 0 radical (unpaired) electrons. The van der Waals surface area contributed by atoms with Crippen LogP contribution in [-0.2, 0) is 24.3 Å². The lowest BCUT2D eigenvalue weighted by atomic mass is 9.80. The molecule has 378 valence electrons. The molecule has 17 heteroatoms. The molecule has 1 fully saturated rings. The molecule has 2 heterocycles. The predicted octanol–water partition coefficient (Wildman–Crippen LogP) is 7.82. The zero-order valence-corrected chi connectivity index (χ0v) is 42.7. The number of guanidine groups is 1. The summed E-state index contributed by atoms with van der Waals surface area (Å²) in [6.07, 6.45) is -2.47. The summed E-state index contributed by atoms with van der Waals surface area (Å²) in [7, 11) is 1.88. The van der Waals surface area contributed by atoms with Crippen molar-refractivity contribution in [1.82, 2.24) is 24.9 Å². The third-order valence-electron chi connectivity index (χ3n) is 12.2. The van der Waals surface area contributed by atoms with Gasteiger partial charge in [0.05, 0.1) is 34.0 Å². The number of nitrogens with one attached hydrogen (secondary N) is 3. The van der Waals surface area contributed by atoms with Crippen molar-refractivity contribution in [1.29, 1.82) is 0 Å². The Morgan fingerprint density at radius 1 is 0.736 bits per heavy atom. The Bertz CT molecular complexity index is 2750. The molecular formula is C55H63N6O10P. The van der Waals surface area contributed by atoms with Gasteiger partial charge in [0.25, 0.3) is 17.4 Å². The van der Waals surface area contributed by atoms with Crippen LogP contribution in [0.4, 0.5) is 0 Å². The number of amides is 2. The summed E-state index contributed by atoms with van der Waals surface area (Å²) in [5.74, 6) is 0.269. The van der Waals surface area contributed by atoms with Gasteiger partial charge in [0.1, 0.15) is 43.7 Å². The molecule has 1 aromatic heterocycles. The van der Waals surface area contributed by atoms with Crippen LogP contribution >= 0.6 is 8.30 Å². The quantitative estimate of drug-likeness (QED) is 0.0223. The van der Waals surface area contributed by atoms with Crippen LogP contribution in [0.5, 0.6) is 11.5 Å². The zero-order valence-electron chi connectivity index (χ0n) is 41.8. The van der Waals surface area contributed by atoms with E-state index in [1.165, 1.54) is 10.8 Å². The minimum atomic E-state index is -1.35. The molecule has 0 saturated carbocycles. The Kier molecular flexibility index (Phi) is 18.1. The summed E-state index contributed by atoms with van der Waals surface area (Å²) in [4.78, 5) is 60.5. The molecule has 6 aromatic rings. The SMILES string of the molecule is COc1ccc(C(OC[C@H]2O[C@@H](n3cc(C)c(=O)[nH]c3=O)[C@H](OCCN=C(NC(=O)c3ccccc3)NC(=O)c3ccccc3)[C@@H]2OP(C)N(C(C)C)C(C)C)(c2ccccc2)c2ccc(OC)cc2)cc1. The summed E-state index contributed by atoms with van der Waals surface area (Å²) in [6.45, 7) is 11.8. The summed E-state index contributed by atoms with van der Waals surface area (Å²) < 4.78 is 43.1. The van der Waals surface area contributed by atoms with Crippen molar-refractivity contribution in [3.63, 3.8) is 0 Å². The second kappa shape index (κ2) is 24.6. The average Bonchev–Trinajstić information content (AvgIpc) is 3.72. The number of aryl methyl sites for hydroxylation is 1. The normalized spacial score (nSPS) is 17.2. The van der Waals surface area contributed by atoms with Crippen LogP contribution in [0.15, 0.2) is 160 Å². The molecule has 16 nitrogen and oxygen atoms in total. The van der Waals surface area contributed by atoms with Gasteiger partial charge in [-0.15, -0.1) is 0 Å². The van der Waals surface area contributed by atoms with Crippen molar-refractivity contribution in [3.8, 4) is 11.5 Å². The van der Waals surface area contributed by atoms with E-state index in [2.05, 4.69) is 53.0 Å². The van der Waals surface area contributed by atoms with E-state index in [9.17, 15) is 19.2 Å². The molecule has 1 unspecified atom stereocenters. The lowest BCUT2D eigenvalue weighted by molar-refractivity contribution is -0.0970. The Hall–Kier alpha value is -6.78. The second-order valence-corrected chi connectivity index (χ2v) is 19.3. The number of carbonyl (C=O) groups excluding carboxylic acids is 2. The summed E-state index contributed by atoms with van der Waals surface area (Å²) in [6, 6.07) is 42.5. The predicted molar refractivity (Wildman–Crippen MR) is 278 cm³/mol. The maximum atomic E-state index is 13.9. The summed E-state index contributed by atoms with van der Waals surface area (Å²) in [5, 5.41) is 5.47. The lowest BCUT2D eigenvalue weighted by Gasteiger charge is -2.39. The number of methoxy groups -OCH3 is 2. The lowest BCUT2D eigenvalue weighted by Crippen LogP contribution is -2.44. The number of aliphatic imine (C=N–C) groups is 1. The van der Waals surface area contributed by atoms with Gasteiger partial charge in [-0.1, -0.05) is 91.0 Å². The van der Waals surface area contributed by atoms with Crippen molar-refractivity contribution in [2.45, 2.75) is 76.8 Å². The van der Waals surface area contributed by atoms with Crippen LogP contribution < -0.4 is 31.4 Å². The van der Waals surface area contributed by atoms with E-state index in [4.69, 9.17) is 28.2 Å². The van der Waals surface area contributed by atoms with E-state index < -0.39 is 61.5 Å². The zero-order chi connectivity index (χ0) is 51.4. The Labute approximate surface area is 421 Å². The van der Waals surface area contributed by atoms with Crippen LogP contribution in [0.3, 0.4) is 0 Å². The van der Waals surface area contributed by atoms with Crippen molar-refractivity contribution in [2.75, 3.05) is 40.6 Å². The van der Waals surface area contributed by atoms with Gasteiger partial charge in [-0.3, -0.25) is 44.2 Å². The van der Waals surface area contributed by atoms with Crippen LogP contribution in [0, 0.1) is 6.92 Å². The fourth-order valence-corrected chi connectivity index (χ4v) is 10.9. The van der Waals surface area contributed by atoms with Crippen molar-refractivity contribution < 1.29 is 37.8 Å². The number of nitrogens with zero attached hydrogens (tertiary/aromatic N) is 3. The first-order valence-corrected chi connectivity index (χ1v) is 25.4. The largest absolute Gasteiger partial charge is 0.497 e. The highest BCUT2D eigenvalue weighted by atomic mass is 31.2. The number of carbonyl (C=O) groups is 2. The molecule has 5 atom stereocenters. The van der Waals surface area contributed by atoms with E-state index in [-0.39, 0.29) is 43.4 Å². The molecule has 1 saturated heterocycles. The molecule has 7 rings (SSSR count). The molecule has 0 aliphatic carbocycles. The van der Waals surface area contributed by atoms with Crippen LogP contribution in [0.1, 0.15) is 76.9 Å². The molecular weight excluding hydrogens is 936 g/mol. The molecule has 2 amide bonds. The minimum absolute atomic E-state index is 0.0623. The van der Waals surface area contributed by atoms with Gasteiger partial charge in [-0.2, -0.15) is 0 Å². The van der Waals surface area contributed by atoms with E-state index in [0.29, 0.717) is 22.6 Å². The highest BCUT2D eigenvalue weighted by Crippen LogP contribution is 2.48. The monoisotopic (exact) mass is 998 g/mol. The maximum absolute atomic E-state index is 13.9. The average molecular weight is 999 g/mol. The van der Waals surface area contributed by atoms with Gasteiger partial charge < -0.3 is 28.2 Å². The molecule has 1 aliphatic heterocycles. The minimum Gasteiger partial charge on any atom is -0.497 e. The fraction of sp³-hybridized carbons (Fsp3) is 0.327. The van der Waals surface area contributed by atoms with Gasteiger partial charge in [-0.05, 0) is 107 Å². The number of aromatic nitrogens is 2. The first-order chi connectivity index (χ1) is 34.7. The van der Waals surface area contributed by atoms with E-state index >= 15 is 0 Å². The molecule has 3 N–H and O–H groups in total. The molecule has 1 aliphatic rings. The van der Waals surface area contributed by atoms with E-state index in [1.54, 1.807) is 81.8 Å². The van der Waals surface area contributed by atoms with Gasteiger partial charge in [0.15, 0.2) is 6.23 Å². The fourth-order valence-electron chi connectivity index (χ4n) is 8.90. The van der Waals surface area contributed by atoms with Gasteiger partial charge >= 0.3 is 5.69 Å². The number of rotatable bonds is 20. The van der Waals surface area contributed by atoms with E-state index in [0.717, 1.165) is 16.7 Å². The number of benzene rings is 5. The van der Waals surface area contributed by atoms with Crippen molar-refractivity contribution in [2.24, 2.45) is 4.99 Å². The Morgan fingerprint density at radius 3 is 1.71 bits per heavy atom. The molecule has 0 spiro atoms. The van der Waals surface area contributed by atoms with Crippen molar-refractivity contribution in [3.05, 3.63) is 200 Å². The number of hydrogen-bond donors (Lipinski definition) is 3. The van der Waals surface area contributed by atoms with Gasteiger partial charge in [0, 0.05) is 35.0 Å². The highest BCUT2D eigenvalue weighted by Gasteiger charge is 2.51. The van der Waals surface area contributed by atoms with Crippen molar-refractivity contribution >= 4 is 26.1 Å². The van der Waals surface area contributed by atoms with Gasteiger partial charge in [0.2, 0.25) is 5.96 Å². The number of aromatic amines is 1. The molecule has 0 bridgehead atoms. The standard InChI is InChI=1S/C55H63N6O10P/c1-36(2)61(37(3)4)72(8)71-47-46(35-69-55(41-22-16-11-17-23-41,42-24-28-44(66-6)29-25-42)43-26-30-45(67-7)31-27-43)70-52(60-34-38(5)49(62)59-54(60)65)48(47)68-33-32-56-53(57-50(63)39-18-12-9-13-19-39)58-51(64)40-20-14-10-15-21-40/h9-31,34,36-37,46-48,52H,32-33,35H2,1-8H3,(H,59,62,65)(H2,56,57,58,63,64)/t46-,47-,48-,52-,72?/m1/s1. The second-order valence-electron chi connectivity index (χ2n) is 17.7. The van der Waals surface area contributed by atoms with Gasteiger partial charge in [-0.25, -0.2) is 4.79 Å². The van der Waals surface area contributed by atoms with E-state index in [1.807, 2.05) is 85.5 Å². The number of hydrogen-bond acceptors (Lipinski definition) is 12. The molecule has 5 aromatic carbocycles. The highest BCUT2D eigenvalue weighted by molar-refractivity contribution is 7.49. The number of ether oxygens (including phenoxy) is 5. The maximum Gasteiger partial charge on any atom is 0.330 e. The summed E-state index contributed by atoms with van der Waals surface area (Å²) in [5.41, 5.74) is 0.915.